The summed E-state index contributed by atoms with van der Waals surface area (Å²) in [6.45, 7) is 5.02. The summed E-state index contributed by atoms with van der Waals surface area (Å²) in [5.74, 6) is 0.391. The fourth-order valence-electron chi connectivity index (χ4n) is 3.18. The van der Waals surface area contributed by atoms with Crippen molar-refractivity contribution in [1.29, 1.82) is 0 Å². The van der Waals surface area contributed by atoms with Gasteiger partial charge in [-0.05, 0) is 38.6 Å². The number of sulfone groups is 1. The van der Waals surface area contributed by atoms with Crippen LogP contribution in [0.25, 0.3) is 0 Å². The lowest BCUT2D eigenvalue weighted by Crippen LogP contribution is -2.35. The van der Waals surface area contributed by atoms with Crippen LogP contribution in [0.4, 0.5) is 0 Å². The molecule has 4 nitrogen and oxygen atoms in total. The molecule has 2 rings (SSSR count). The molecule has 3 atom stereocenters. The minimum atomic E-state index is -2.93. The van der Waals surface area contributed by atoms with E-state index in [0.717, 1.165) is 37.9 Å². The molecule has 6 heteroatoms. The van der Waals surface area contributed by atoms with Gasteiger partial charge >= 0.3 is 0 Å². The van der Waals surface area contributed by atoms with Gasteiger partial charge in [-0.2, -0.15) is 0 Å². The van der Waals surface area contributed by atoms with Gasteiger partial charge in [-0.1, -0.05) is 13.3 Å². The van der Waals surface area contributed by atoms with Crippen LogP contribution in [0.15, 0.2) is 5.51 Å². The number of aromatic nitrogens is 1. The lowest BCUT2D eigenvalue weighted by Gasteiger charge is -2.34. The monoisotopic (exact) mass is 316 g/mol. The summed E-state index contributed by atoms with van der Waals surface area (Å²) in [7, 11) is -2.93. The van der Waals surface area contributed by atoms with Crippen molar-refractivity contribution in [2.75, 3.05) is 12.8 Å². The number of rotatable bonds is 5. The topological polar surface area (TPSA) is 59.1 Å². The highest BCUT2D eigenvalue weighted by molar-refractivity contribution is 7.91. The average Bonchev–Trinajstić information content (AvgIpc) is 2.81. The van der Waals surface area contributed by atoms with Crippen LogP contribution < -0.4 is 5.32 Å². The van der Waals surface area contributed by atoms with Gasteiger partial charge in [0, 0.05) is 17.2 Å². The fourth-order valence-corrected chi connectivity index (χ4v) is 5.34. The van der Waals surface area contributed by atoms with Crippen LogP contribution in [-0.2, 0) is 9.84 Å². The molecule has 20 heavy (non-hydrogen) atoms. The molecular formula is C14H24N2O2S2. The van der Waals surface area contributed by atoms with Gasteiger partial charge in [-0.25, -0.2) is 13.4 Å². The number of thiazole rings is 1. The van der Waals surface area contributed by atoms with Crippen LogP contribution in [0.2, 0.25) is 0 Å². The first-order chi connectivity index (χ1) is 9.43. The standard InChI is InChI=1S/C14H24N2O2S2/c1-4-15-13(14-10(2)16-9-19-14)11-6-5-7-12(8-11)20(3,17)18/h9,11-13,15H,4-8H2,1-3H3. The Morgan fingerprint density at radius 2 is 2.25 bits per heavy atom. The van der Waals surface area contributed by atoms with Crippen LogP contribution >= 0.6 is 11.3 Å². The molecular weight excluding hydrogens is 292 g/mol. The Labute approximate surface area is 125 Å². The lowest BCUT2D eigenvalue weighted by molar-refractivity contribution is 0.277. The molecule has 1 aliphatic carbocycles. The maximum absolute atomic E-state index is 11.8. The summed E-state index contributed by atoms with van der Waals surface area (Å²) in [4.78, 5) is 5.61. The van der Waals surface area contributed by atoms with Crippen molar-refractivity contribution in [3.63, 3.8) is 0 Å². The first kappa shape index (κ1) is 15.9. The first-order valence-electron chi connectivity index (χ1n) is 7.25. The van der Waals surface area contributed by atoms with Gasteiger partial charge in [0.15, 0.2) is 0 Å². The van der Waals surface area contributed by atoms with Crippen molar-refractivity contribution in [3.05, 3.63) is 16.1 Å². The normalized spacial score (nSPS) is 25.6. The van der Waals surface area contributed by atoms with E-state index in [1.54, 1.807) is 11.3 Å². The van der Waals surface area contributed by atoms with E-state index in [9.17, 15) is 8.42 Å². The number of hydrogen-bond acceptors (Lipinski definition) is 5. The molecule has 0 radical (unpaired) electrons. The molecule has 0 aromatic carbocycles. The molecule has 0 spiro atoms. The second-order valence-electron chi connectivity index (χ2n) is 5.72. The quantitative estimate of drug-likeness (QED) is 0.907. The van der Waals surface area contributed by atoms with E-state index < -0.39 is 9.84 Å². The highest BCUT2D eigenvalue weighted by Gasteiger charge is 2.34. The van der Waals surface area contributed by atoms with Crippen molar-refractivity contribution in [2.24, 2.45) is 5.92 Å². The van der Waals surface area contributed by atoms with Crippen molar-refractivity contribution in [2.45, 2.75) is 50.8 Å². The summed E-state index contributed by atoms with van der Waals surface area (Å²) >= 11 is 1.68. The summed E-state index contributed by atoms with van der Waals surface area (Å²) in [6, 6.07) is 0.247. The fraction of sp³-hybridized carbons (Fsp3) is 0.786. The van der Waals surface area contributed by atoms with E-state index >= 15 is 0 Å². The minimum Gasteiger partial charge on any atom is -0.309 e. The largest absolute Gasteiger partial charge is 0.309 e. The van der Waals surface area contributed by atoms with Crippen molar-refractivity contribution in [3.8, 4) is 0 Å². The number of hydrogen-bond donors (Lipinski definition) is 1. The number of nitrogens with one attached hydrogen (secondary N) is 1. The Morgan fingerprint density at radius 3 is 2.80 bits per heavy atom. The summed E-state index contributed by atoms with van der Waals surface area (Å²) in [6.07, 6.45) is 5.06. The minimum absolute atomic E-state index is 0.171. The smallest absolute Gasteiger partial charge is 0.150 e. The van der Waals surface area contributed by atoms with Gasteiger partial charge in [0.2, 0.25) is 0 Å². The second-order valence-corrected chi connectivity index (χ2v) is 8.93. The molecule has 1 aromatic heterocycles. The molecule has 114 valence electrons. The van der Waals surface area contributed by atoms with Crippen LogP contribution in [-0.4, -0.2) is 31.5 Å². The predicted octanol–water partition coefficient (Wildman–Crippen LogP) is 2.71. The molecule has 0 aliphatic heterocycles. The van der Waals surface area contributed by atoms with Crippen molar-refractivity contribution >= 4 is 21.2 Å². The highest BCUT2D eigenvalue weighted by Crippen LogP contribution is 2.38. The van der Waals surface area contributed by atoms with Crippen LogP contribution in [0, 0.1) is 12.8 Å². The number of aryl methyl sites for hydroxylation is 1. The molecule has 0 bridgehead atoms. The maximum atomic E-state index is 11.8. The van der Waals surface area contributed by atoms with Crippen LogP contribution in [0.3, 0.4) is 0 Å². The molecule has 1 saturated carbocycles. The molecule has 1 N–H and O–H groups in total. The molecule has 1 aliphatic rings. The van der Waals surface area contributed by atoms with Gasteiger partial charge < -0.3 is 5.32 Å². The highest BCUT2D eigenvalue weighted by atomic mass is 32.2. The average molecular weight is 316 g/mol. The second kappa shape index (κ2) is 6.54. The lowest BCUT2D eigenvalue weighted by atomic mass is 9.82. The Kier molecular flexibility index (Phi) is 5.20. The molecule has 1 heterocycles. The third kappa shape index (κ3) is 3.59. The Bertz CT molecular complexity index is 539. The van der Waals surface area contributed by atoms with E-state index in [-0.39, 0.29) is 11.3 Å². The maximum Gasteiger partial charge on any atom is 0.150 e. The van der Waals surface area contributed by atoms with Crippen LogP contribution in [0.5, 0.6) is 0 Å². The Balaban J connectivity index is 2.19. The molecule has 0 saturated heterocycles. The van der Waals surface area contributed by atoms with E-state index in [2.05, 4.69) is 17.2 Å². The van der Waals surface area contributed by atoms with E-state index in [0.29, 0.717) is 5.92 Å². The van der Waals surface area contributed by atoms with Gasteiger partial charge in [0.05, 0.1) is 16.5 Å². The third-order valence-electron chi connectivity index (χ3n) is 4.23. The first-order valence-corrected chi connectivity index (χ1v) is 10.1. The van der Waals surface area contributed by atoms with E-state index in [1.807, 2.05) is 12.4 Å². The predicted molar refractivity (Wildman–Crippen MR) is 83.9 cm³/mol. The van der Waals surface area contributed by atoms with Crippen molar-refractivity contribution < 1.29 is 8.42 Å². The zero-order chi connectivity index (χ0) is 14.8. The SMILES string of the molecule is CCNC(c1scnc1C)C1CCCC(S(C)(=O)=O)C1. The number of nitrogens with zero attached hydrogens (tertiary/aromatic N) is 1. The van der Waals surface area contributed by atoms with Gasteiger partial charge in [0.25, 0.3) is 0 Å². The molecule has 0 amide bonds. The Hall–Kier alpha value is -0.460. The third-order valence-corrected chi connectivity index (χ3v) is 6.89. The molecule has 1 fully saturated rings. The molecule has 1 aromatic rings. The van der Waals surface area contributed by atoms with Crippen LogP contribution in [0.1, 0.15) is 49.2 Å². The summed E-state index contributed by atoms with van der Waals surface area (Å²) < 4.78 is 23.7. The summed E-state index contributed by atoms with van der Waals surface area (Å²) in [5.41, 5.74) is 2.95. The van der Waals surface area contributed by atoms with Gasteiger partial charge in [-0.3, -0.25) is 0 Å². The van der Waals surface area contributed by atoms with Crippen molar-refractivity contribution in [1.82, 2.24) is 10.3 Å². The molecule has 3 unspecified atom stereocenters. The van der Waals surface area contributed by atoms with Gasteiger partial charge in [0.1, 0.15) is 9.84 Å². The summed E-state index contributed by atoms with van der Waals surface area (Å²) in [5, 5.41) is 3.37. The van der Waals surface area contributed by atoms with Gasteiger partial charge in [-0.15, -0.1) is 11.3 Å². The van der Waals surface area contributed by atoms with E-state index in [4.69, 9.17) is 0 Å². The Morgan fingerprint density at radius 1 is 1.50 bits per heavy atom. The zero-order valence-corrected chi connectivity index (χ0v) is 14.1. The zero-order valence-electron chi connectivity index (χ0n) is 12.4. The van der Waals surface area contributed by atoms with E-state index in [1.165, 1.54) is 11.1 Å².